The van der Waals surface area contributed by atoms with Crippen LogP contribution in [0.25, 0.3) is 33.6 Å². The van der Waals surface area contributed by atoms with Crippen LogP contribution >= 0.6 is 12.4 Å². The first-order chi connectivity index (χ1) is 16.7. The Morgan fingerprint density at radius 3 is 2.75 bits per heavy atom. The van der Waals surface area contributed by atoms with E-state index < -0.39 is 12.7 Å². The molecule has 0 radical (unpaired) electrons. The van der Waals surface area contributed by atoms with Crippen LogP contribution in [0.5, 0.6) is 5.75 Å². The Labute approximate surface area is 211 Å². The Morgan fingerprint density at radius 2 is 2.06 bits per heavy atom. The predicted molar refractivity (Wildman–Crippen MR) is 132 cm³/mol. The molecule has 1 saturated heterocycles. The van der Waals surface area contributed by atoms with Crippen LogP contribution in [0.2, 0.25) is 0 Å². The van der Waals surface area contributed by atoms with Crippen LogP contribution < -0.4 is 10.5 Å². The molecule has 12 heteroatoms. The molecule has 1 aliphatic heterocycles. The number of piperidine rings is 1. The summed E-state index contributed by atoms with van der Waals surface area (Å²) in [4.78, 5) is 23.7. The van der Waals surface area contributed by atoms with E-state index in [4.69, 9.17) is 10.5 Å². The van der Waals surface area contributed by atoms with Crippen molar-refractivity contribution in [2.24, 2.45) is 12.8 Å². The molecule has 5 rings (SSSR count). The van der Waals surface area contributed by atoms with E-state index in [1.165, 1.54) is 13.3 Å². The highest BCUT2D eigenvalue weighted by Gasteiger charge is 2.32. The molecule has 0 spiro atoms. The van der Waals surface area contributed by atoms with Crippen molar-refractivity contribution in [2.75, 3.05) is 20.2 Å². The molecule has 0 aliphatic carbocycles. The fourth-order valence-electron chi connectivity index (χ4n) is 4.81. The van der Waals surface area contributed by atoms with E-state index in [9.17, 15) is 18.0 Å². The minimum atomic E-state index is -4.45. The van der Waals surface area contributed by atoms with Crippen LogP contribution in [0.15, 0.2) is 36.5 Å². The van der Waals surface area contributed by atoms with Gasteiger partial charge in [-0.2, -0.15) is 13.2 Å². The fourth-order valence-corrected chi connectivity index (χ4v) is 4.81. The maximum Gasteiger partial charge on any atom is 0.406 e. The Hall–Kier alpha value is -3.31. The summed E-state index contributed by atoms with van der Waals surface area (Å²) in [6.45, 7) is -0.121. The van der Waals surface area contributed by atoms with Crippen LogP contribution in [-0.4, -0.2) is 62.3 Å². The number of fused-ring (bicyclic) bond motifs is 2. The van der Waals surface area contributed by atoms with Gasteiger partial charge in [-0.25, -0.2) is 9.97 Å². The first-order valence-corrected chi connectivity index (χ1v) is 11.3. The van der Waals surface area contributed by atoms with Crippen molar-refractivity contribution in [1.29, 1.82) is 0 Å². The maximum absolute atomic E-state index is 13.5. The molecule has 2 N–H and O–H groups in total. The van der Waals surface area contributed by atoms with E-state index >= 15 is 0 Å². The van der Waals surface area contributed by atoms with Crippen LogP contribution in [0.1, 0.15) is 23.2 Å². The number of likely N-dealkylation sites (tertiary alicyclic amines) is 1. The number of hydrogen-bond acceptors (Lipinski definition) is 5. The highest BCUT2D eigenvalue weighted by atomic mass is 35.5. The van der Waals surface area contributed by atoms with Crippen molar-refractivity contribution in [1.82, 2.24) is 24.0 Å². The Bertz CT molecular complexity index is 1430. The lowest BCUT2D eigenvalue weighted by molar-refractivity contribution is -0.139. The van der Waals surface area contributed by atoms with Crippen molar-refractivity contribution in [3.63, 3.8) is 0 Å². The zero-order valence-electron chi connectivity index (χ0n) is 19.7. The van der Waals surface area contributed by atoms with Gasteiger partial charge in [-0.3, -0.25) is 4.79 Å². The highest BCUT2D eigenvalue weighted by Crippen LogP contribution is 2.35. The summed E-state index contributed by atoms with van der Waals surface area (Å²) in [5.74, 6) is 0.540. The Kier molecular flexibility index (Phi) is 6.89. The number of pyridine rings is 1. The first kappa shape index (κ1) is 25.8. The number of aromatic nitrogens is 4. The number of ether oxygens (including phenoxy) is 1. The van der Waals surface area contributed by atoms with Gasteiger partial charge >= 0.3 is 6.18 Å². The Balaban J connectivity index is 0.00000304. The number of imidazole rings is 1. The third-order valence-corrected chi connectivity index (χ3v) is 6.37. The number of nitrogens with zero attached hydrogens (tertiary/aromatic N) is 5. The lowest BCUT2D eigenvalue weighted by Crippen LogP contribution is -2.45. The van der Waals surface area contributed by atoms with Gasteiger partial charge in [0.05, 0.1) is 18.3 Å². The highest BCUT2D eigenvalue weighted by molar-refractivity contribution is 6.00. The summed E-state index contributed by atoms with van der Waals surface area (Å²) in [6.07, 6.45) is -1.29. The van der Waals surface area contributed by atoms with Crippen LogP contribution in [0.4, 0.5) is 13.2 Å². The van der Waals surface area contributed by atoms with Crippen LogP contribution in [-0.2, 0) is 13.6 Å². The van der Waals surface area contributed by atoms with Crippen molar-refractivity contribution >= 4 is 40.4 Å². The normalized spacial score (nSPS) is 16.4. The molecular weight excluding hydrogens is 497 g/mol. The number of methoxy groups -OCH3 is 1. The number of hydrogen-bond donors (Lipinski definition) is 1. The lowest BCUT2D eigenvalue weighted by atomic mass is 10.0. The smallest absolute Gasteiger partial charge is 0.406 e. The number of carbonyl (C=O) groups excluding carboxylic acids is 1. The summed E-state index contributed by atoms with van der Waals surface area (Å²) in [5.41, 5.74) is 7.95. The van der Waals surface area contributed by atoms with Gasteiger partial charge in [0, 0.05) is 43.3 Å². The largest absolute Gasteiger partial charge is 0.494 e. The summed E-state index contributed by atoms with van der Waals surface area (Å²) in [5, 5.41) is 0.572. The molecule has 1 aliphatic rings. The van der Waals surface area contributed by atoms with Crippen molar-refractivity contribution in [2.45, 2.75) is 31.6 Å². The predicted octanol–water partition coefficient (Wildman–Crippen LogP) is 4.15. The van der Waals surface area contributed by atoms with Gasteiger partial charge in [0.2, 0.25) is 0 Å². The number of amides is 1. The number of nitrogens with two attached hydrogens (primary N) is 1. The van der Waals surface area contributed by atoms with E-state index in [0.29, 0.717) is 46.6 Å². The van der Waals surface area contributed by atoms with Crippen LogP contribution in [0.3, 0.4) is 0 Å². The molecule has 3 aromatic heterocycles. The van der Waals surface area contributed by atoms with Gasteiger partial charge < -0.3 is 24.5 Å². The second kappa shape index (κ2) is 9.62. The number of halogens is 4. The number of carbonyl (C=O) groups is 1. The number of alkyl halides is 3. The van der Waals surface area contributed by atoms with Gasteiger partial charge in [-0.1, -0.05) is 0 Å². The summed E-state index contributed by atoms with van der Waals surface area (Å²) < 4.78 is 48.8. The van der Waals surface area contributed by atoms with E-state index in [-0.39, 0.29) is 35.7 Å². The molecule has 0 bridgehead atoms. The molecule has 8 nitrogen and oxygen atoms in total. The molecule has 192 valence electrons. The molecular formula is C24H26ClF3N6O2. The summed E-state index contributed by atoms with van der Waals surface area (Å²) in [6, 6.07) is 8.25. The quantitative estimate of drug-likeness (QED) is 0.435. The Morgan fingerprint density at radius 1 is 1.28 bits per heavy atom. The van der Waals surface area contributed by atoms with E-state index in [1.807, 2.05) is 0 Å². The number of aryl methyl sites for hydroxylation is 1. The van der Waals surface area contributed by atoms with E-state index in [2.05, 4.69) is 9.97 Å². The molecule has 1 fully saturated rings. The zero-order chi connectivity index (χ0) is 24.9. The van der Waals surface area contributed by atoms with Gasteiger partial charge in [0.1, 0.15) is 23.5 Å². The molecule has 4 aromatic rings. The minimum absolute atomic E-state index is 0. The fraction of sp³-hybridized carbons (Fsp3) is 0.375. The molecule has 0 saturated carbocycles. The standard InChI is InChI=1S/C24H25F3N6O2.ClH/c1-31-20-17(9-15(11-19(20)35-2)23(34)32-8-4-6-16(28)12-32)30-22(31)18-10-14-5-3-7-29-21(14)33(18)13-24(25,26)27;/h3,5,7,9-11,16H,4,6,8,12-13,28H2,1-2H3;1H/t16-;/m1./s1. The van der Waals surface area contributed by atoms with Gasteiger partial charge in [-0.15, -0.1) is 12.4 Å². The average Bonchev–Trinajstić information content (AvgIpc) is 3.34. The first-order valence-electron chi connectivity index (χ1n) is 11.3. The van der Waals surface area contributed by atoms with Gasteiger partial charge in [-0.05, 0) is 43.2 Å². The molecule has 36 heavy (non-hydrogen) atoms. The topological polar surface area (TPSA) is 91.2 Å². The summed E-state index contributed by atoms with van der Waals surface area (Å²) >= 11 is 0. The van der Waals surface area contributed by atoms with Crippen LogP contribution in [0, 0.1) is 0 Å². The monoisotopic (exact) mass is 522 g/mol. The van der Waals surface area contributed by atoms with E-state index in [0.717, 1.165) is 17.4 Å². The number of rotatable bonds is 4. The molecule has 1 amide bonds. The third-order valence-electron chi connectivity index (χ3n) is 6.37. The van der Waals surface area contributed by atoms with Gasteiger partial charge in [0.15, 0.2) is 5.82 Å². The average molecular weight is 523 g/mol. The third kappa shape index (κ3) is 4.60. The second-order valence-electron chi connectivity index (χ2n) is 8.84. The molecule has 1 atom stereocenters. The van der Waals surface area contributed by atoms with Crippen molar-refractivity contribution in [3.05, 3.63) is 42.1 Å². The van der Waals surface area contributed by atoms with Crippen molar-refractivity contribution < 1.29 is 22.7 Å². The minimum Gasteiger partial charge on any atom is -0.494 e. The summed E-state index contributed by atoms with van der Waals surface area (Å²) in [7, 11) is 3.19. The van der Waals surface area contributed by atoms with Crippen molar-refractivity contribution in [3.8, 4) is 17.3 Å². The van der Waals surface area contributed by atoms with E-state index in [1.54, 1.807) is 46.8 Å². The second-order valence-corrected chi connectivity index (χ2v) is 8.84. The molecule has 4 heterocycles. The molecule has 0 unspecified atom stereocenters. The number of benzene rings is 1. The zero-order valence-corrected chi connectivity index (χ0v) is 20.6. The van der Waals surface area contributed by atoms with Gasteiger partial charge in [0.25, 0.3) is 5.91 Å². The SMILES string of the molecule is COc1cc(C(=O)N2CCC[C@@H](N)C2)cc2nc(-c3cc4cccnc4n3CC(F)(F)F)n(C)c12.Cl. The molecule has 1 aromatic carbocycles. The lowest BCUT2D eigenvalue weighted by Gasteiger charge is -2.30. The maximum atomic E-state index is 13.5.